The van der Waals surface area contributed by atoms with Gasteiger partial charge in [0.2, 0.25) is 0 Å². The summed E-state index contributed by atoms with van der Waals surface area (Å²) >= 11 is 0. The van der Waals surface area contributed by atoms with Gasteiger partial charge in [-0.25, -0.2) is 4.79 Å². The smallest absolute Gasteiger partial charge is 0.333 e. The molecule has 0 spiro atoms. The van der Waals surface area contributed by atoms with E-state index < -0.39 is 5.60 Å². The molecule has 90 valence electrons. The molecule has 1 aliphatic carbocycles. The summed E-state index contributed by atoms with van der Waals surface area (Å²) in [6, 6.07) is 0. The van der Waals surface area contributed by atoms with Gasteiger partial charge in [0.15, 0.2) is 0 Å². The van der Waals surface area contributed by atoms with Gasteiger partial charge in [0.25, 0.3) is 0 Å². The van der Waals surface area contributed by atoms with Crippen molar-refractivity contribution in [3.05, 3.63) is 24.8 Å². The van der Waals surface area contributed by atoms with Crippen molar-refractivity contribution in [2.45, 2.75) is 51.6 Å². The number of hydrogen-bond donors (Lipinski definition) is 0. The molecule has 0 amide bonds. The quantitative estimate of drug-likeness (QED) is 0.412. The zero-order valence-electron chi connectivity index (χ0n) is 10.4. The van der Waals surface area contributed by atoms with Crippen LogP contribution in [-0.2, 0) is 9.53 Å². The van der Waals surface area contributed by atoms with E-state index in [1.54, 1.807) is 13.0 Å². The first-order chi connectivity index (χ1) is 7.49. The number of hydrogen-bond acceptors (Lipinski definition) is 2. The van der Waals surface area contributed by atoms with Gasteiger partial charge in [0.05, 0.1) is 0 Å². The number of ether oxygens (including phenoxy) is 1. The summed E-state index contributed by atoms with van der Waals surface area (Å²) in [4.78, 5) is 11.6. The second-order valence-electron chi connectivity index (χ2n) is 4.89. The summed E-state index contributed by atoms with van der Waals surface area (Å²) in [7, 11) is 0. The minimum atomic E-state index is -0.531. The maximum absolute atomic E-state index is 11.6. The van der Waals surface area contributed by atoms with E-state index in [1.165, 1.54) is 19.3 Å². The molecule has 1 atom stereocenters. The SMILES string of the molecule is C=CC(C)(OC(=O)C(=C)C)C1CCCCC1. The third kappa shape index (κ3) is 2.97. The molecule has 1 fully saturated rings. The molecular formula is C14H22O2. The first-order valence-corrected chi connectivity index (χ1v) is 6.02. The molecule has 0 aromatic carbocycles. The lowest BCUT2D eigenvalue weighted by molar-refractivity contribution is -0.154. The summed E-state index contributed by atoms with van der Waals surface area (Å²) in [5.41, 5.74) is -0.0833. The number of carbonyl (C=O) groups is 1. The Balaban J connectivity index is 2.71. The fraction of sp³-hybridized carbons (Fsp3) is 0.643. The van der Waals surface area contributed by atoms with Gasteiger partial charge in [0.1, 0.15) is 5.60 Å². The van der Waals surface area contributed by atoms with Gasteiger partial charge in [0, 0.05) is 11.5 Å². The van der Waals surface area contributed by atoms with E-state index in [0.29, 0.717) is 11.5 Å². The van der Waals surface area contributed by atoms with E-state index >= 15 is 0 Å². The Bertz CT molecular complexity index is 287. The summed E-state index contributed by atoms with van der Waals surface area (Å²) in [5, 5.41) is 0. The van der Waals surface area contributed by atoms with Crippen molar-refractivity contribution in [1.29, 1.82) is 0 Å². The molecular weight excluding hydrogens is 200 g/mol. The zero-order chi connectivity index (χ0) is 12.2. The third-order valence-corrected chi connectivity index (χ3v) is 3.48. The molecule has 0 aliphatic heterocycles. The lowest BCUT2D eigenvalue weighted by Gasteiger charge is -2.37. The molecule has 0 aromatic heterocycles. The molecule has 0 radical (unpaired) electrons. The molecule has 1 saturated carbocycles. The highest BCUT2D eigenvalue weighted by Crippen LogP contribution is 2.36. The Morgan fingerprint density at radius 2 is 1.94 bits per heavy atom. The van der Waals surface area contributed by atoms with Crippen LogP contribution in [0.4, 0.5) is 0 Å². The maximum Gasteiger partial charge on any atom is 0.333 e. The summed E-state index contributed by atoms with van der Waals surface area (Å²) in [6.07, 6.45) is 7.73. The average Bonchev–Trinajstić information content (AvgIpc) is 2.29. The van der Waals surface area contributed by atoms with Gasteiger partial charge in [-0.2, -0.15) is 0 Å². The molecule has 1 aliphatic rings. The van der Waals surface area contributed by atoms with Crippen molar-refractivity contribution in [3.8, 4) is 0 Å². The lowest BCUT2D eigenvalue weighted by Crippen LogP contribution is -2.39. The van der Waals surface area contributed by atoms with Crippen molar-refractivity contribution in [1.82, 2.24) is 0 Å². The van der Waals surface area contributed by atoms with Gasteiger partial charge in [-0.15, -0.1) is 0 Å². The van der Waals surface area contributed by atoms with Crippen molar-refractivity contribution in [3.63, 3.8) is 0 Å². The monoisotopic (exact) mass is 222 g/mol. The number of esters is 1. The minimum Gasteiger partial charge on any atom is -0.451 e. The first kappa shape index (κ1) is 13.0. The molecule has 1 rings (SSSR count). The molecule has 0 saturated heterocycles. The molecule has 0 heterocycles. The number of carbonyl (C=O) groups excluding carboxylic acids is 1. The molecule has 1 unspecified atom stereocenters. The van der Waals surface area contributed by atoms with Gasteiger partial charge >= 0.3 is 5.97 Å². The fourth-order valence-electron chi connectivity index (χ4n) is 2.25. The van der Waals surface area contributed by atoms with E-state index in [9.17, 15) is 4.79 Å². The van der Waals surface area contributed by atoms with Crippen LogP contribution in [0.2, 0.25) is 0 Å². The van der Waals surface area contributed by atoms with E-state index in [1.807, 2.05) is 6.92 Å². The number of rotatable bonds is 4. The van der Waals surface area contributed by atoms with Crippen LogP contribution in [0.15, 0.2) is 24.8 Å². The second kappa shape index (κ2) is 5.33. The molecule has 0 N–H and O–H groups in total. The van der Waals surface area contributed by atoms with Crippen LogP contribution in [0.3, 0.4) is 0 Å². The zero-order valence-corrected chi connectivity index (χ0v) is 10.4. The fourth-order valence-corrected chi connectivity index (χ4v) is 2.25. The summed E-state index contributed by atoms with van der Waals surface area (Å²) in [5.74, 6) is 0.0926. The Morgan fingerprint density at radius 3 is 2.38 bits per heavy atom. The highest BCUT2D eigenvalue weighted by Gasteiger charge is 2.35. The standard InChI is InChI=1S/C14H22O2/c1-5-14(4,16-13(15)11(2)3)12-9-7-6-8-10-12/h5,12H,1-2,6-10H2,3-4H3. The predicted molar refractivity (Wildman–Crippen MR) is 66.1 cm³/mol. The largest absolute Gasteiger partial charge is 0.451 e. The van der Waals surface area contributed by atoms with Crippen molar-refractivity contribution in [2.24, 2.45) is 5.92 Å². The summed E-state index contributed by atoms with van der Waals surface area (Å²) in [6.45, 7) is 11.1. The Morgan fingerprint density at radius 1 is 1.38 bits per heavy atom. The van der Waals surface area contributed by atoms with E-state index in [4.69, 9.17) is 4.74 Å². The van der Waals surface area contributed by atoms with Crippen LogP contribution < -0.4 is 0 Å². The van der Waals surface area contributed by atoms with Crippen LogP contribution in [-0.4, -0.2) is 11.6 Å². The average molecular weight is 222 g/mol. The van der Waals surface area contributed by atoms with Gasteiger partial charge in [-0.05, 0) is 32.8 Å². The van der Waals surface area contributed by atoms with Crippen molar-refractivity contribution < 1.29 is 9.53 Å². The topological polar surface area (TPSA) is 26.3 Å². The van der Waals surface area contributed by atoms with Crippen LogP contribution in [0.1, 0.15) is 46.0 Å². The summed E-state index contributed by atoms with van der Waals surface area (Å²) < 4.78 is 5.53. The van der Waals surface area contributed by atoms with Crippen molar-refractivity contribution in [2.75, 3.05) is 0 Å². The highest BCUT2D eigenvalue weighted by molar-refractivity contribution is 5.87. The van der Waals surface area contributed by atoms with Crippen LogP contribution >= 0.6 is 0 Å². The van der Waals surface area contributed by atoms with Crippen LogP contribution in [0.5, 0.6) is 0 Å². The highest BCUT2D eigenvalue weighted by atomic mass is 16.6. The molecule has 0 aromatic rings. The van der Waals surface area contributed by atoms with E-state index in [2.05, 4.69) is 13.2 Å². The van der Waals surface area contributed by atoms with Crippen LogP contribution in [0, 0.1) is 5.92 Å². The molecule has 2 heteroatoms. The molecule has 2 nitrogen and oxygen atoms in total. The maximum atomic E-state index is 11.6. The van der Waals surface area contributed by atoms with Gasteiger partial charge < -0.3 is 4.74 Å². The van der Waals surface area contributed by atoms with Gasteiger partial charge in [-0.1, -0.05) is 32.4 Å². The minimum absolute atomic E-state index is 0.312. The van der Waals surface area contributed by atoms with E-state index in [-0.39, 0.29) is 5.97 Å². The normalized spacial score (nSPS) is 20.9. The van der Waals surface area contributed by atoms with Gasteiger partial charge in [-0.3, -0.25) is 0 Å². The second-order valence-corrected chi connectivity index (χ2v) is 4.89. The van der Waals surface area contributed by atoms with Crippen LogP contribution in [0.25, 0.3) is 0 Å². The van der Waals surface area contributed by atoms with E-state index in [0.717, 1.165) is 12.8 Å². The predicted octanol–water partition coefficient (Wildman–Crippen LogP) is 3.63. The Hall–Kier alpha value is -1.05. The Kier molecular flexibility index (Phi) is 4.34. The molecule has 16 heavy (non-hydrogen) atoms. The third-order valence-electron chi connectivity index (χ3n) is 3.48. The lowest BCUT2D eigenvalue weighted by atomic mass is 9.77. The first-order valence-electron chi connectivity index (χ1n) is 6.02. The van der Waals surface area contributed by atoms with Crippen molar-refractivity contribution >= 4 is 5.97 Å². The molecule has 0 bridgehead atoms. The Labute approximate surface area is 98.4 Å².